The molecule has 9 heteroatoms. The molecule has 0 saturated heterocycles. The number of nitrogens with one attached hydrogen (secondary N) is 1. The average Bonchev–Trinajstić information content (AvgIpc) is 2.98. The van der Waals surface area contributed by atoms with E-state index in [0.717, 1.165) is 35.8 Å². The van der Waals surface area contributed by atoms with Crippen molar-refractivity contribution < 1.29 is 19.2 Å². The molecule has 0 radical (unpaired) electrons. The molecule has 1 aromatic carbocycles. The van der Waals surface area contributed by atoms with E-state index in [9.17, 15) is 19.7 Å². The first kappa shape index (κ1) is 20.3. The maximum atomic E-state index is 12.8. The van der Waals surface area contributed by atoms with Gasteiger partial charge in [-0.25, -0.2) is 4.79 Å². The number of carbonyl (C=O) groups excluding carboxylic acids is 2. The Morgan fingerprint density at radius 2 is 2.18 bits per heavy atom. The summed E-state index contributed by atoms with van der Waals surface area (Å²) in [6, 6.07) is 3.66. The Balaban J connectivity index is 1.98. The Bertz CT molecular complexity index is 956. The predicted molar refractivity (Wildman–Crippen MR) is 108 cm³/mol. The minimum absolute atomic E-state index is 0.0228. The van der Waals surface area contributed by atoms with Crippen LogP contribution < -0.4 is 5.32 Å². The van der Waals surface area contributed by atoms with E-state index < -0.39 is 16.8 Å². The number of fused-ring (bicyclic) bond motifs is 1. The van der Waals surface area contributed by atoms with E-state index in [4.69, 9.17) is 16.3 Å². The second kappa shape index (κ2) is 8.28. The van der Waals surface area contributed by atoms with Gasteiger partial charge in [-0.05, 0) is 43.7 Å². The van der Waals surface area contributed by atoms with Gasteiger partial charge in [0.2, 0.25) is 0 Å². The first-order valence-corrected chi connectivity index (χ1v) is 10.1. The third kappa shape index (κ3) is 4.02. The van der Waals surface area contributed by atoms with Gasteiger partial charge in [-0.2, -0.15) is 0 Å². The zero-order chi connectivity index (χ0) is 20.4. The number of ether oxygens (including phenoxy) is 1. The molecule has 0 saturated carbocycles. The molecule has 1 aliphatic carbocycles. The molecule has 28 heavy (non-hydrogen) atoms. The highest BCUT2D eigenvalue weighted by Crippen LogP contribution is 2.40. The molecular formula is C19H19ClN2O5S. The van der Waals surface area contributed by atoms with Crippen molar-refractivity contribution in [2.45, 2.75) is 33.1 Å². The van der Waals surface area contributed by atoms with Crippen LogP contribution in [0, 0.1) is 16.0 Å². The van der Waals surface area contributed by atoms with Crippen LogP contribution in [0.2, 0.25) is 5.02 Å². The molecule has 1 aromatic heterocycles. The van der Waals surface area contributed by atoms with E-state index in [0.29, 0.717) is 16.5 Å². The number of nitro benzene ring substituents is 1. The lowest BCUT2D eigenvalue weighted by Gasteiger charge is -2.18. The third-order valence-corrected chi connectivity index (χ3v) is 6.12. The fourth-order valence-electron chi connectivity index (χ4n) is 3.23. The third-order valence-electron chi connectivity index (χ3n) is 4.62. The molecule has 0 fully saturated rings. The number of rotatable bonds is 5. The highest BCUT2D eigenvalue weighted by molar-refractivity contribution is 7.17. The van der Waals surface area contributed by atoms with Crippen molar-refractivity contribution >= 4 is 45.5 Å². The van der Waals surface area contributed by atoms with Gasteiger partial charge in [0, 0.05) is 17.0 Å². The van der Waals surface area contributed by atoms with E-state index in [1.165, 1.54) is 23.5 Å². The van der Waals surface area contributed by atoms with E-state index in [2.05, 4.69) is 12.2 Å². The number of nitro groups is 1. The van der Waals surface area contributed by atoms with Crippen LogP contribution >= 0.6 is 22.9 Å². The molecule has 1 atom stereocenters. The molecule has 1 heterocycles. The van der Waals surface area contributed by atoms with E-state index in [1.54, 1.807) is 6.92 Å². The van der Waals surface area contributed by atoms with Crippen LogP contribution in [0.25, 0.3) is 0 Å². The van der Waals surface area contributed by atoms with Crippen molar-refractivity contribution in [3.63, 3.8) is 0 Å². The zero-order valence-electron chi connectivity index (χ0n) is 15.4. The molecule has 0 spiro atoms. The maximum Gasteiger partial charge on any atom is 0.341 e. The number of carbonyl (C=O) groups is 2. The number of nitrogens with zero attached hydrogens (tertiary/aromatic N) is 1. The number of halogens is 1. The molecule has 0 aliphatic heterocycles. The molecule has 3 rings (SSSR count). The van der Waals surface area contributed by atoms with Crippen molar-refractivity contribution in [1.82, 2.24) is 0 Å². The summed E-state index contributed by atoms with van der Waals surface area (Å²) >= 11 is 7.41. The summed E-state index contributed by atoms with van der Waals surface area (Å²) in [5, 5.41) is 14.2. The Kier molecular flexibility index (Phi) is 6.00. The highest BCUT2D eigenvalue weighted by atomic mass is 35.5. The van der Waals surface area contributed by atoms with Gasteiger partial charge in [0.25, 0.3) is 11.6 Å². The van der Waals surface area contributed by atoms with Crippen molar-refractivity contribution in [2.24, 2.45) is 5.92 Å². The molecular weight excluding hydrogens is 404 g/mol. The minimum Gasteiger partial charge on any atom is -0.462 e. The van der Waals surface area contributed by atoms with Gasteiger partial charge >= 0.3 is 5.97 Å². The zero-order valence-corrected chi connectivity index (χ0v) is 17.0. The van der Waals surface area contributed by atoms with E-state index >= 15 is 0 Å². The standard InChI is InChI=1S/C19H19ClN2O5S/c1-3-27-19(24)16-12-6-4-10(2)8-15(12)28-18(16)21-17(23)13-9-11(22(25)26)5-7-14(13)20/h5,7,9-10H,3-4,6,8H2,1-2H3,(H,21,23)/t10-/m0/s1. The van der Waals surface area contributed by atoms with Crippen molar-refractivity contribution in [1.29, 1.82) is 0 Å². The Labute approximate surface area is 170 Å². The van der Waals surface area contributed by atoms with Crippen LogP contribution in [0.15, 0.2) is 18.2 Å². The molecule has 148 valence electrons. The summed E-state index contributed by atoms with van der Waals surface area (Å²) in [6.07, 6.45) is 2.54. The van der Waals surface area contributed by atoms with Crippen LogP contribution in [0.3, 0.4) is 0 Å². The number of esters is 1. The van der Waals surface area contributed by atoms with Crippen LogP contribution in [0.1, 0.15) is 51.4 Å². The van der Waals surface area contributed by atoms with Gasteiger partial charge in [0.1, 0.15) is 5.00 Å². The van der Waals surface area contributed by atoms with Crippen molar-refractivity contribution in [3.8, 4) is 0 Å². The fraction of sp³-hybridized carbons (Fsp3) is 0.368. The second-order valence-electron chi connectivity index (χ2n) is 6.65. The lowest BCUT2D eigenvalue weighted by Crippen LogP contribution is -2.17. The Hall–Kier alpha value is -2.45. The smallest absolute Gasteiger partial charge is 0.341 e. The number of hydrogen-bond donors (Lipinski definition) is 1. The lowest BCUT2D eigenvalue weighted by molar-refractivity contribution is -0.384. The topological polar surface area (TPSA) is 98.5 Å². The molecule has 7 nitrogen and oxygen atoms in total. The van der Waals surface area contributed by atoms with Gasteiger partial charge < -0.3 is 10.1 Å². The van der Waals surface area contributed by atoms with Crippen LogP contribution in [0.4, 0.5) is 10.7 Å². The Morgan fingerprint density at radius 3 is 2.86 bits per heavy atom. The van der Waals surface area contributed by atoms with Gasteiger partial charge in [-0.15, -0.1) is 11.3 Å². The van der Waals surface area contributed by atoms with Gasteiger partial charge in [-0.1, -0.05) is 18.5 Å². The quantitative estimate of drug-likeness (QED) is 0.421. The Morgan fingerprint density at radius 1 is 1.43 bits per heavy atom. The number of non-ortho nitro benzene ring substituents is 1. The van der Waals surface area contributed by atoms with Crippen molar-refractivity contribution in [3.05, 3.63) is 54.9 Å². The second-order valence-corrected chi connectivity index (χ2v) is 8.16. The lowest BCUT2D eigenvalue weighted by atomic mass is 9.88. The summed E-state index contributed by atoms with van der Waals surface area (Å²) in [5.41, 5.74) is 1.04. The van der Waals surface area contributed by atoms with E-state index in [-0.39, 0.29) is 22.9 Å². The van der Waals surface area contributed by atoms with Crippen LogP contribution in [0.5, 0.6) is 0 Å². The summed E-state index contributed by atoms with van der Waals surface area (Å²) in [6.45, 7) is 4.09. The van der Waals surface area contributed by atoms with Crippen molar-refractivity contribution in [2.75, 3.05) is 11.9 Å². The molecule has 2 aromatic rings. The SMILES string of the molecule is CCOC(=O)c1c(NC(=O)c2cc([N+](=O)[O-])ccc2Cl)sc2c1CC[C@H](C)C2. The summed E-state index contributed by atoms with van der Waals surface area (Å²) in [5.74, 6) is -0.586. The predicted octanol–water partition coefficient (Wildman–Crippen LogP) is 4.86. The van der Waals surface area contributed by atoms with Gasteiger partial charge in [0.05, 0.1) is 27.7 Å². The largest absolute Gasteiger partial charge is 0.462 e. The monoisotopic (exact) mass is 422 g/mol. The molecule has 1 amide bonds. The fourth-order valence-corrected chi connectivity index (χ4v) is 4.83. The van der Waals surface area contributed by atoms with Crippen LogP contribution in [-0.2, 0) is 17.6 Å². The normalized spacial score (nSPS) is 15.6. The molecule has 0 bridgehead atoms. The van der Waals surface area contributed by atoms with Gasteiger partial charge in [0.15, 0.2) is 0 Å². The van der Waals surface area contributed by atoms with Crippen LogP contribution in [-0.4, -0.2) is 23.4 Å². The minimum atomic E-state index is -0.606. The number of amides is 1. The first-order chi connectivity index (χ1) is 13.3. The average molecular weight is 423 g/mol. The maximum absolute atomic E-state index is 12.8. The van der Waals surface area contributed by atoms with Gasteiger partial charge in [-0.3, -0.25) is 14.9 Å². The molecule has 0 unspecified atom stereocenters. The van der Waals surface area contributed by atoms with E-state index in [1.807, 2.05) is 0 Å². The summed E-state index contributed by atoms with van der Waals surface area (Å²) < 4.78 is 5.18. The number of benzene rings is 1. The molecule has 1 N–H and O–H groups in total. The number of anilines is 1. The molecule has 1 aliphatic rings. The highest BCUT2D eigenvalue weighted by Gasteiger charge is 2.29. The first-order valence-electron chi connectivity index (χ1n) is 8.88. The summed E-state index contributed by atoms with van der Waals surface area (Å²) in [7, 11) is 0. The number of hydrogen-bond acceptors (Lipinski definition) is 6. The summed E-state index contributed by atoms with van der Waals surface area (Å²) in [4.78, 5) is 36.7. The number of thiophene rings is 1.